The minimum absolute atomic E-state index is 0.0424. The first-order chi connectivity index (χ1) is 7.63. The second-order valence-electron chi connectivity index (χ2n) is 3.75. The van der Waals surface area contributed by atoms with Gasteiger partial charge in [-0.25, -0.2) is 4.79 Å². The number of carbonyl (C=O) groups is 2. The number of para-hydroxylation sites is 1. The molecule has 1 N–H and O–H groups in total. The minimum atomic E-state index is -0.614. The molecule has 0 bridgehead atoms. The number of carbonyl (C=O) groups excluding carboxylic acids is 2. The van der Waals surface area contributed by atoms with E-state index in [0.29, 0.717) is 12.0 Å². The van der Waals surface area contributed by atoms with E-state index in [0.717, 1.165) is 0 Å². The van der Waals surface area contributed by atoms with E-state index >= 15 is 0 Å². The van der Waals surface area contributed by atoms with Crippen molar-refractivity contribution in [2.24, 2.45) is 5.92 Å². The van der Waals surface area contributed by atoms with Gasteiger partial charge in [-0.1, -0.05) is 32.0 Å². The molecule has 1 atom stereocenters. The molecule has 1 rings (SSSR count). The monoisotopic (exact) mass is 221 g/mol. The van der Waals surface area contributed by atoms with E-state index in [1.165, 1.54) is 0 Å². The highest BCUT2D eigenvalue weighted by Crippen LogP contribution is 2.08. The summed E-state index contributed by atoms with van der Waals surface area (Å²) in [5.74, 6) is 0.495. The molecular weight excluding hydrogens is 206 g/mol. The molecule has 0 aliphatic rings. The predicted octanol–water partition coefficient (Wildman–Crippen LogP) is 2.00. The van der Waals surface area contributed by atoms with E-state index in [-0.39, 0.29) is 5.92 Å². The third kappa shape index (κ3) is 3.73. The number of nitrogens with one attached hydrogen (secondary N) is 1. The van der Waals surface area contributed by atoms with E-state index in [1.807, 2.05) is 19.9 Å². The molecule has 86 valence electrons. The van der Waals surface area contributed by atoms with Crippen molar-refractivity contribution in [1.82, 2.24) is 5.32 Å². The molecule has 0 saturated heterocycles. The molecule has 16 heavy (non-hydrogen) atoms. The summed E-state index contributed by atoms with van der Waals surface area (Å²) in [6, 6.07) is 8.18. The van der Waals surface area contributed by atoms with Crippen LogP contribution in [0.1, 0.15) is 13.8 Å². The second-order valence-corrected chi connectivity index (χ2v) is 3.75. The Kier molecular flexibility index (Phi) is 4.51. The van der Waals surface area contributed by atoms with Crippen LogP contribution in [0.25, 0.3) is 0 Å². The molecule has 0 heterocycles. The van der Waals surface area contributed by atoms with Crippen LogP contribution in [0.15, 0.2) is 30.3 Å². The third-order valence-corrected chi connectivity index (χ3v) is 2.10. The van der Waals surface area contributed by atoms with E-state index in [4.69, 9.17) is 4.74 Å². The van der Waals surface area contributed by atoms with Gasteiger partial charge in [0.2, 0.25) is 0 Å². The smallest absolute Gasteiger partial charge is 0.410 e. The van der Waals surface area contributed by atoms with Crippen LogP contribution in [0, 0.1) is 5.92 Å². The van der Waals surface area contributed by atoms with E-state index in [9.17, 15) is 9.59 Å². The molecule has 4 heteroatoms. The summed E-state index contributed by atoms with van der Waals surface area (Å²) in [6.45, 7) is 3.70. The number of hydrogen-bond acceptors (Lipinski definition) is 3. The van der Waals surface area contributed by atoms with Crippen LogP contribution in [-0.4, -0.2) is 18.4 Å². The SMILES string of the molecule is CC(C)C(C=O)NC(=O)Oc1ccccc1. The predicted molar refractivity (Wildman–Crippen MR) is 60.3 cm³/mol. The maximum Gasteiger partial charge on any atom is 0.413 e. The van der Waals surface area contributed by atoms with Crippen LogP contribution in [0.3, 0.4) is 0 Å². The van der Waals surface area contributed by atoms with Gasteiger partial charge in [-0.15, -0.1) is 0 Å². The van der Waals surface area contributed by atoms with Gasteiger partial charge < -0.3 is 14.8 Å². The van der Waals surface area contributed by atoms with Gasteiger partial charge in [0, 0.05) is 0 Å². The Bertz CT molecular complexity index is 349. The highest BCUT2D eigenvalue weighted by atomic mass is 16.6. The zero-order valence-corrected chi connectivity index (χ0v) is 9.34. The Morgan fingerprint density at radius 2 is 1.94 bits per heavy atom. The Balaban J connectivity index is 2.50. The molecule has 0 spiro atoms. The van der Waals surface area contributed by atoms with Crippen LogP contribution in [0.4, 0.5) is 4.79 Å². The van der Waals surface area contributed by atoms with Crippen LogP contribution in [-0.2, 0) is 4.79 Å². The minimum Gasteiger partial charge on any atom is -0.410 e. The van der Waals surface area contributed by atoms with Crippen molar-refractivity contribution in [3.63, 3.8) is 0 Å². The molecule has 0 saturated carbocycles. The number of rotatable bonds is 4. The van der Waals surface area contributed by atoms with Crippen LogP contribution >= 0.6 is 0 Å². The number of hydrogen-bond donors (Lipinski definition) is 1. The summed E-state index contributed by atoms with van der Waals surface area (Å²) in [7, 11) is 0. The van der Waals surface area contributed by atoms with Crippen LogP contribution < -0.4 is 10.1 Å². The molecule has 0 radical (unpaired) electrons. The third-order valence-electron chi connectivity index (χ3n) is 2.10. The standard InChI is InChI=1S/C12H15NO3/c1-9(2)11(8-14)13-12(15)16-10-6-4-3-5-7-10/h3-9,11H,1-2H3,(H,13,15). The zero-order chi connectivity index (χ0) is 12.0. The molecule has 0 fully saturated rings. The Morgan fingerprint density at radius 3 is 2.44 bits per heavy atom. The van der Waals surface area contributed by atoms with Crippen LogP contribution in [0.5, 0.6) is 5.75 Å². The van der Waals surface area contributed by atoms with Crippen molar-refractivity contribution in [1.29, 1.82) is 0 Å². The quantitative estimate of drug-likeness (QED) is 0.791. The van der Waals surface area contributed by atoms with Crippen molar-refractivity contribution in [2.45, 2.75) is 19.9 Å². The van der Waals surface area contributed by atoms with Crippen molar-refractivity contribution >= 4 is 12.4 Å². The highest BCUT2D eigenvalue weighted by molar-refractivity contribution is 5.75. The van der Waals surface area contributed by atoms with Gasteiger partial charge in [-0.3, -0.25) is 0 Å². The highest BCUT2D eigenvalue weighted by Gasteiger charge is 2.15. The van der Waals surface area contributed by atoms with Gasteiger partial charge in [-0.05, 0) is 18.1 Å². The molecule has 1 unspecified atom stereocenters. The fourth-order valence-electron chi connectivity index (χ4n) is 1.12. The van der Waals surface area contributed by atoms with Crippen molar-refractivity contribution in [3.05, 3.63) is 30.3 Å². The Labute approximate surface area is 94.6 Å². The number of benzene rings is 1. The lowest BCUT2D eigenvalue weighted by Gasteiger charge is -2.15. The number of aldehydes is 1. The fourth-order valence-corrected chi connectivity index (χ4v) is 1.12. The summed E-state index contributed by atoms with van der Waals surface area (Å²) >= 11 is 0. The number of ether oxygens (including phenoxy) is 1. The van der Waals surface area contributed by atoms with Gasteiger partial charge in [-0.2, -0.15) is 0 Å². The van der Waals surface area contributed by atoms with E-state index < -0.39 is 12.1 Å². The van der Waals surface area contributed by atoms with Gasteiger partial charge in [0.25, 0.3) is 0 Å². The van der Waals surface area contributed by atoms with Crippen molar-refractivity contribution in [2.75, 3.05) is 0 Å². The zero-order valence-electron chi connectivity index (χ0n) is 9.34. The fraction of sp³-hybridized carbons (Fsp3) is 0.333. The molecule has 0 aliphatic carbocycles. The summed E-state index contributed by atoms with van der Waals surface area (Å²) in [5, 5.41) is 2.49. The molecule has 1 aromatic rings. The lowest BCUT2D eigenvalue weighted by molar-refractivity contribution is -0.110. The van der Waals surface area contributed by atoms with Crippen molar-refractivity contribution < 1.29 is 14.3 Å². The normalized spacial score (nSPS) is 11.9. The first kappa shape index (κ1) is 12.2. The largest absolute Gasteiger partial charge is 0.413 e. The first-order valence-electron chi connectivity index (χ1n) is 5.12. The van der Waals surface area contributed by atoms with E-state index in [2.05, 4.69) is 5.32 Å². The molecule has 4 nitrogen and oxygen atoms in total. The lowest BCUT2D eigenvalue weighted by atomic mass is 10.1. The summed E-state index contributed by atoms with van der Waals surface area (Å²) in [6.07, 6.45) is 0.0914. The van der Waals surface area contributed by atoms with E-state index in [1.54, 1.807) is 24.3 Å². The molecule has 1 amide bonds. The Hall–Kier alpha value is -1.84. The topological polar surface area (TPSA) is 55.4 Å². The summed E-state index contributed by atoms with van der Waals surface area (Å²) in [4.78, 5) is 22.1. The van der Waals surface area contributed by atoms with Gasteiger partial charge in [0.1, 0.15) is 12.0 Å². The van der Waals surface area contributed by atoms with Gasteiger partial charge >= 0.3 is 6.09 Å². The maximum absolute atomic E-state index is 11.4. The van der Waals surface area contributed by atoms with Gasteiger partial charge in [0.15, 0.2) is 0 Å². The summed E-state index contributed by atoms with van der Waals surface area (Å²) in [5.41, 5.74) is 0. The van der Waals surface area contributed by atoms with Gasteiger partial charge in [0.05, 0.1) is 6.04 Å². The molecular formula is C12H15NO3. The average Bonchev–Trinajstić information content (AvgIpc) is 2.27. The lowest BCUT2D eigenvalue weighted by Crippen LogP contribution is -2.41. The number of amides is 1. The Morgan fingerprint density at radius 1 is 1.31 bits per heavy atom. The molecule has 0 aromatic heterocycles. The van der Waals surface area contributed by atoms with Crippen molar-refractivity contribution in [3.8, 4) is 5.75 Å². The maximum atomic E-state index is 11.4. The summed E-state index contributed by atoms with van der Waals surface area (Å²) < 4.78 is 4.99. The van der Waals surface area contributed by atoms with Crippen LogP contribution in [0.2, 0.25) is 0 Å². The second kappa shape index (κ2) is 5.90. The first-order valence-corrected chi connectivity index (χ1v) is 5.12. The molecule has 1 aromatic carbocycles. The average molecular weight is 221 g/mol. The molecule has 0 aliphatic heterocycles.